The fourth-order valence-corrected chi connectivity index (χ4v) is 2.43. The van der Waals surface area contributed by atoms with E-state index >= 15 is 0 Å². The van der Waals surface area contributed by atoms with Crippen LogP contribution in [0.4, 0.5) is 0 Å². The molecule has 176 valence electrons. The van der Waals surface area contributed by atoms with E-state index in [4.69, 9.17) is 22.6 Å². The molecular weight excluding hydrogens is 415 g/mol. The molecule has 0 saturated carbocycles. The summed E-state index contributed by atoms with van der Waals surface area (Å²) >= 11 is 0. The maximum atomic E-state index is 8.74. The van der Waals surface area contributed by atoms with Crippen molar-refractivity contribution in [2.75, 3.05) is 6.61 Å². The van der Waals surface area contributed by atoms with Crippen LogP contribution in [0.25, 0.3) is 0 Å². The van der Waals surface area contributed by atoms with Gasteiger partial charge in [-0.3, -0.25) is 9.11 Å². The second-order valence-corrected chi connectivity index (χ2v) is 7.47. The number of rotatable bonds is 17. The van der Waals surface area contributed by atoms with Crippen molar-refractivity contribution in [3.63, 3.8) is 0 Å². The molecule has 0 spiro atoms. The molecule has 0 aliphatic carbocycles. The van der Waals surface area contributed by atoms with Crippen molar-refractivity contribution < 1.29 is 27.4 Å². The number of hydrogen-bond donors (Lipinski definition) is 3. The Hall–Kier alpha value is -0.150. The summed E-state index contributed by atoms with van der Waals surface area (Å²) in [5.74, 6) is 0. The molecule has 0 aromatic rings. The van der Waals surface area contributed by atoms with Gasteiger partial charge < -0.3 is 9.84 Å². The van der Waals surface area contributed by atoms with Crippen LogP contribution in [0.1, 0.15) is 96.8 Å². The van der Waals surface area contributed by atoms with E-state index in [2.05, 4.69) is 37.0 Å². The van der Waals surface area contributed by atoms with Crippen LogP contribution in [0.3, 0.4) is 0 Å². The Morgan fingerprint density at radius 1 is 0.733 bits per heavy atom. The molecule has 0 atom stereocenters. The second-order valence-electron chi connectivity index (χ2n) is 6.58. The molecular formula is C22H45NaO6S. The Morgan fingerprint density at radius 3 is 1.37 bits per heavy atom. The van der Waals surface area contributed by atoms with Gasteiger partial charge in [-0.05, 0) is 32.1 Å². The standard InChI is InChI=1S/C18H36O.C4H6O.Na.H2O4S.H/c1-2-3-4-5-6-7-8-9-10-11-12-13-14-15-16-17-18-19;1-3-5-4-2;;1-5(2,3)4;/h9-10,19H,2-8,11-18H2,1H3;3-4H,1-2H2;;(H2,1,2,3,4);/b10-9-;;;;. The van der Waals surface area contributed by atoms with Gasteiger partial charge in [-0.25, -0.2) is 0 Å². The van der Waals surface area contributed by atoms with Gasteiger partial charge in [0.25, 0.3) is 0 Å². The Kier molecular flexibility index (Phi) is 41.5. The van der Waals surface area contributed by atoms with E-state index in [1.807, 2.05) is 0 Å². The molecule has 0 saturated heterocycles. The Morgan fingerprint density at radius 2 is 1.07 bits per heavy atom. The molecule has 8 heteroatoms. The third-order valence-electron chi connectivity index (χ3n) is 3.86. The molecule has 0 aromatic heterocycles. The van der Waals surface area contributed by atoms with Gasteiger partial charge in [-0.1, -0.05) is 90.0 Å². The first-order chi connectivity index (χ1) is 13.8. The Balaban J connectivity index is -0.000000254. The average molecular weight is 461 g/mol. The fourth-order valence-electron chi connectivity index (χ4n) is 2.43. The van der Waals surface area contributed by atoms with Crippen LogP contribution < -0.4 is 0 Å². The van der Waals surface area contributed by atoms with Gasteiger partial charge in [0.2, 0.25) is 0 Å². The first kappa shape index (κ1) is 37.2. The van der Waals surface area contributed by atoms with Crippen LogP contribution in [0.5, 0.6) is 0 Å². The molecule has 0 heterocycles. The van der Waals surface area contributed by atoms with Gasteiger partial charge in [0.15, 0.2) is 0 Å². The van der Waals surface area contributed by atoms with Crippen molar-refractivity contribution in [2.24, 2.45) is 0 Å². The average Bonchev–Trinajstić information content (AvgIpc) is 2.65. The zero-order valence-electron chi connectivity index (χ0n) is 18.3. The van der Waals surface area contributed by atoms with Gasteiger partial charge in [0.1, 0.15) is 0 Å². The molecule has 30 heavy (non-hydrogen) atoms. The predicted octanol–water partition coefficient (Wildman–Crippen LogP) is 6.00. The number of aliphatic hydroxyl groups excluding tert-OH is 1. The molecule has 0 radical (unpaired) electrons. The van der Waals surface area contributed by atoms with E-state index in [1.165, 1.54) is 96.0 Å². The van der Waals surface area contributed by atoms with Crippen molar-refractivity contribution >= 4 is 40.0 Å². The third-order valence-corrected chi connectivity index (χ3v) is 3.86. The molecule has 0 aliphatic rings. The van der Waals surface area contributed by atoms with E-state index in [0.29, 0.717) is 6.61 Å². The van der Waals surface area contributed by atoms with Crippen LogP contribution >= 0.6 is 0 Å². The number of ether oxygens (including phenoxy) is 1. The van der Waals surface area contributed by atoms with Crippen LogP contribution in [0, 0.1) is 0 Å². The normalized spacial score (nSPS) is 10.1. The van der Waals surface area contributed by atoms with Crippen molar-refractivity contribution in [3.05, 3.63) is 37.8 Å². The Labute approximate surface area is 207 Å². The second kappa shape index (κ2) is 33.5. The fraction of sp³-hybridized carbons (Fsp3) is 0.727. The molecule has 0 amide bonds. The van der Waals surface area contributed by atoms with Crippen molar-refractivity contribution in [1.29, 1.82) is 0 Å². The summed E-state index contributed by atoms with van der Waals surface area (Å²) in [5.41, 5.74) is 0. The van der Waals surface area contributed by atoms with Crippen molar-refractivity contribution in [1.82, 2.24) is 0 Å². The summed E-state index contributed by atoms with van der Waals surface area (Å²) in [7, 11) is -4.67. The van der Waals surface area contributed by atoms with E-state index in [1.54, 1.807) is 0 Å². The van der Waals surface area contributed by atoms with Crippen molar-refractivity contribution in [2.45, 2.75) is 96.8 Å². The topological polar surface area (TPSA) is 104 Å². The quantitative estimate of drug-likeness (QED) is 0.0808. The zero-order chi connectivity index (χ0) is 22.6. The minimum absolute atomic E-state index is 0. The van der Waals surface area contributed by atoms with Crippen LogP contribution in [0.15, 0.2) is 37.8 Å². The monoisotopic (exact) mass is 460 g/mol. The molecule has 0 aliphatic heterocycles. The number of hydrogen-bond acceptors (Lipinski definition) is 4. The molecule has 3 N–H and O–H groups in total. The number of allylic oxidation sites excluding steroid dienone is 2. The predicted molar refractivity (Wildman–Crippen MR) is 129 cm³/mol. The summed E-state index contributed by atoms with van der Waals surface area (Å²) < 4.78 is 35.9. The van der Waals surface area contributed by atoms with Gasteiger partial charge in [-0.2, -0.15) is 8.42 Å². The van der Waals surface area contributed by atoms with Gasteiger partial charge in [0.05, 0.1) is 12.5 Å². The van der Waals surface area contributed by atoms with E-state index in [-0.39, 0.29) is 29.6 Å². The first-order valence-electron chi connectivity index (χ1n) is 10.7. The SMILES string of the molecule is C=COC=C.CCCCCCCC/C=C\CCCCCCCCO.O=S(=O)(O)O.[NaH]. The van der Waals surface area contributed by atoms with E-state index in [0.717, 1.165) is 6.42 Å². The van der Waals surface area contributed by atoms with Crippen molar-refractivity contribution in [3.8, 4) is 0 Å². The third kappa shape index (κ3) is 63.0. The number of unbranched alkanes of at least 4 members (excludes halogenated alkanes) is 12. The summed E-state index contributed by atoms with van der Waals surface area (Å²) in [6.07, 6.45) is 25.8. The Bertz CT molecular complexity index is 439. The molecule has 6 nitrogen and oxygen atoms in total. The summed E-state index contributed by atoms with van der Waals surface area (Å²) in [4.78, 5) is 0. The van der Waals surface area contributed by atoms with Crippen LogP contribution in [0.2, 0.25) is 0 Å². The maximum absolute atomic E-state index is 8.74. The molecule has 0 bridgehead atoms. The molecule has 0 unspecified atom stereocenters. The summed E-state index contributed by atoms with van der Waals surface area (Å²) in [5, 5.41) is 8.66. The molecule has 0 aromatic carbocycles. The van der Waals surface area contributed by atoms with Gasteiger partial charge in [0, 0.05) is 6.61 Å². The van der Waals surface area contributed by atoms with Crippen LogP contribution in [-0.4, -0.2) is 58.8 Å². The minimum atomic E-state index is -4.67. The molecule has 0 rings (SSSR count). The first-order valence-corrected chi connectivity index (χ1v) is 12.1. The number of aliphatic hydroxyl groups is 1. The van der Waals surface area contributed by atoms with Gasteiger partial charge in [-0.15, -0.1) is 0 Å². The van der Waals surface area contributed by atoms with E-state index in [9.17, 15) is 0 Å². The van der Waals surface area contributed by atoms with Gasteiger partial charge >= 0.3 is 40.0 Å². The summed E-state index contributed by atoms with van der Waals surface area (Å²) in [6, 6.07) is 0. The van der Waals surface area contributed by atoms with Crippen LogP contribution in [-0.2, 0) is 15.1 Å². The molecule has 0 fully saturated rings. The summed E-state index contributed by atoms with van der Waals surface area (Å²) in [6.45, 7) is 9.15. The van der Waals surface area contributed by atoms with E-state index < -0.39 is 10.4 Å². The zero-order valence-corrected chi connectivity index (χ0v) is 19.1.